The molecule has 0 fully saturated rings. The van der Waals surface area contributed by atoms with Gasteiger partial charge in [0.15, 0.2) is 0 Å². The van der Waals surface area contributed by atoms with Crippen molar-refractivity contribution in [2.75, 3.05) is 6.54 Å². The summed E-state index contributed by atoms with van der Waals surface area (Å²) < 4.78 is 0. The van der Waals surface area contributed by atoms with E-state index in [1.807, 2.05) is 6.92 Å². The second-order valence-electron chi connectivity index (χ2n) is 1.12. The van der Waals surface area contributed by atoms with Gasteiger partial charge < -0.3 is 5.73 Å². The van der Waals surface area contributed by atoms with Crippen molar-refractivity contribution in [2.45, 2.75) is 42.0 Å². The van der Waals surface area contributed by atoms with Gasteiger partial charge in [-0.1, -0.05) is 42.0 Å². The molecule has 0 aromatic carbocycles. The molecule has 0 unspecified atom stereocenters. The van der Waals surface area contributed by atoms with Gasteiger partial charge in [0.1, 0.15) is 0 Å². The van der Waals surface area contributed by atoms with Crippen molar-refractivity contribution in [1.29, 1.82) is 0 Å². The van der Waals surface area contributed by atoms with Gasteiger partial charge in [0.05, 0.1) is 0 Å². The largest absolute Gasteiger partial charge is 0.331 e. The Labute approximate surface area is 55.3 Å². The van der Waals surface area contributed by atoms with Crippen molar-refractivity contribution in [3.63, 3.8) is 0 Å². The summed E-state index contributed by atoms with van der Waals surface area (Å²) in [5, 5.41) is 0. The summed E-state index contributed by atoms with van der Waals surface area (Å²) in [6.45, 7) is 6.90. The molecule has 0 saturated carbocycles. The first kappa shape index (κ1) is 24.6. The van der Waals surface area contributed by atoms with Crippen LogP contribution in [0.15, 0.2) is 0 Å². The Morgan fingerprint density at radius 1 is 1.00 bits per heavy atom. The van der Waals surface area contributed by atoms with Crippen molar-refractivity contribution in [1.82, 2.24) is 0 Å². The van der Waals surface area contributed by atoms with Crippen molar-refractivity contribution in [3.05, 3.63) is 0 Å². The van der Waals surface area contributed by atoms with Crippen molar-refractivity contribution in [3.8, 4) is 0 Å². The average Bonchev–Trinajstić information content (AvgIpc) is 1.39. The third kappa shape index (κ3) is 91600. The second-order valence-corrected chi connectivity index (χ2v) is 1.12. The van der Waals surface area contributed by atoms with Gasteiger partial charge >= 0.3 is 0 Å². The van der Waals surface area contributed by atoms with Crippen LogP contribution in [0.5, 0.6) is 0 Å². The first-order valence-electron chi connectivity index (χ1n) is 2.53. The summed E-state index contributed by atoms with van der Waals surface area (Å²) >= 11 is 0. The highest BCUT2D eigenvalue weighted by Gasteiger charge is 1.35. The topological polar surface area (TPSA) is 26.0 Å². The summed E-state index contributed by atoms with van der Waals surface area (Å²) in [6.07, 6.45) is 1.25. The van der Waals surface area contributed by atoms with Crippen LogP contribution in [0.2, 0.25) is 0 Å². The van der Waals surface area contributed by atoms with E-state index in [2.05, 4.69) is 13.8 Å². The lowest BCUT2D eigenvalue weighted by molar-refractivity contribution is 1.09. The molecule has 2 N–H and O–H groups in total. The first-order chi connectivity index (χ1) is 2.83. The monoisotopic (exact) mass is 121 g/mol. The van der Waals surface area contributed by atoms with Gasteiger partial charge in [-0.05, 0) is 6.54 Å². The second kappa shape index (κ2) is 64.4. The summed E-state index contributed by atoms with van der Waals surface area (Å²) in [6, 6.07) is 0. The number of hydrogen-bond donors (Lipinski definition) is 1. The summed E-state index contributed by atoms with van der Waals surface area (Å²) in [5.74, 6) is 0. The molecule has 0 aliphatic heterocycles. The molecule has 56 valence electrons. The standard InChI is InChI=1S/C3H8.C2H7N.2CH4/c1-3-2;1-2-3;;/h3H2,1-2H3;2-3H2,1H3;2*1H4. The molecule has 0 bridgehead atoms. The van der Waals surface area contributed by atoms with Gasteiger partial charge in [0.25, 0.3) is 0 Å². The third-order valence-electron chi connectivity index (χ3n) is 0. The molecule has 0 amide bonds. The molecule has 8 heavy (non-hydrogen) atoms. The van der Waals surface area contributed by atoms with E-state index in [1.54, 1.807) is 0 Å². The van der Waals surface area contributed by atoms with Gasteiger partial charge in [0, 0.05) is 0 Å². The Balaban J connectivity index is -0.0000000160. The predicted octanol–water partition coefficient (Wildman–Crippen LogP) is 2.65. The van der Waals surface area contributed by atoms with Crippen LogP contribution in [0.1, 0.15) is 42.0 Å². The van der Waals surface area contributed by atoms with E-state index in [0.717, 1.165) is 6.54 Å². The number of hydrogen-bond acceptors (Lipinski definition) is 1. The Morgan fingerprint density at radius 3 is 1.00 bits per heavy atom. The van der Waals surface area contributed by atoms with E-state index in [0.29, 0.717) is 0 Å². The number of rotatable bonds is 0. The summed E-state index contributed by atoms with van der Waals surface area (Å²) in [4.78, 5) is 0. The predicted molar refractivity (Wildman–Crippen MR) is 44.2 cm³/mol. The van der Waals surface area contributed by atoms with Crippen LogP contribution < -0.4 is 5.73 Å². The Morgan fingerprint density at radius 2 is 1.00 bits per heavy atom. The zero-order valence-electron chi connectivity index (χ0n) is 4.99. The molecule has 0 aliphatic rings. The highest BCUT2D eigenvalue weighted by atomic mass is 14.5. The molecule has 0 saturated heterocycles. The minimum atomic E-state index is 0. The van der Waals surface area contributed by atoms with Crippen LogP contribution in [0.4, 0.5) is 0 Å². The molecule has 0 aromatic rings. The van der Waals surface area contributed by atoms with Crippen LogP contribution in [0.25, 0.3) is 0 Å². The Bertz CT molecular complexity index is 6.35. The fraction of sp³-hybridized carbons (Fsp3) is 1.00. The van der Waals surface area contributed by atoms with Gasteiger partial charge in [-0.3, -0.25) is 0 Å². The molecule has 1 heteroatoms. The van der Waals surface area contributed by atoms with Gasteiger partial charge in [0.2, 0.25) is 0 Å². The minimum Gasteiger partial charge on any atom is -0.331 e. The molecule has 0 aromatic heterocycles. The molecule has 0 rings (SSSR count). The zero-order chi connectivity index (χ0) is 5.41. The lowest BCUT2D eigenvalue weighted by atomic mass is 10.6. The van der Waals surface area contributed by atoms with E-state index in [1.165, 1.54) is 6.42 Å². The van der Waals surface area contributed by atoms with Crippen molar-refractivity contribution >= 4 is 0 Å². The lowest BCUT2D eigenvalue weighted by Crippen LogP contribution is -1.87. The fourth-order valence-corrected chi connectivity index (χ4v) is 0. The first-order valence-corrected chi connectivity index (χ1v) is 2.53. The maximum absolute atomic E-state index is 4.85. The summed E-state index contributed by atoms with van der Waals surface area (Å²) in [5.41, 5.74) is 4.85. The summed E-state index contributed by atoms with van der Waals surface area (Å²) in [7, 11) is 0. The maximum atomic E-state index is 4.85. The zero-order valence-corrected chi connectivity index (χ0v) is 4.99. The molecule has 0 aliphatic carbocycles. The van der Waals surface area contributed by atoms with E-state index in [-0.39, 0.29) is 14.9 Å². The normalized spacial score (nSPS) is 4.50. The molecule has 0 atom stereocenters. The number of nitrogens with two attached hydrogens (primary N) is 1. The Hall–Kier alpha value is -0.0400. The molecule has 0 spiro atoms. The smallest absolute Gasteiger partial charge is 0.0106 e. The van der Waals surface area contributed by atoms with Crippen molar-refractivity contribution < 1.29 is 0 Å². The van der Waals surface area contributed by atoms with Crippen LogP contribution in [-0.4, -0.2) is 6.54 Å². The van der Waals surface area contributed by atoms with Gasteiger partial charge in [-0.25, -0.2) is 0 Å². The van der Waals surface area contributed by atoms with Crippen LogP contribution in [-0.2, 0) is 0 Å². The molecule has 1 nitrogen and oxygen atoms in total. The maximum Gasteiger partial charge on any atom is -0.0106 e. The Kier molecular flexibility index (Phi) is 198. The molecular formula is C7H23N. The van der Waals surface area contributed by atoms with Crippen LogP contribution >= 0.6 is 0 Å². The highest BCUT2D eigenvalue weighted by molar-refractivity contribution is 4.00. The quantitative estimate of drug-likeness (QED) is 0.524. The third-order valence-corrected chi connectivity index (χ3v) is 0. The van der Waals surface area contributed by atoms with E-state index in [9.17, 15) is 0 Å². The van der Waals surface area contributed by atoms with E-state index in [4.69, 9.17) is 5.73 Å². The lowest BCUT2D eigenvalue weighted by Gasteiger charge is -1.53. The molecule has 0 heterocycles. The van der Waals surface area contributed by atoms with Gasteiger partial charge in [-0.2, -0.15) is 0 Å². The van der Waals surface area contributed by atoms with Crippen LogP contribution in [0.3, 0.4) is 0 Å². The van der Waals surface area contributed by atoms with E-state index >= 15 is 0 Å². The van der Waals surface area contributed by atoms with E-state index < -0.39 is 0 Å². The van der Waals surface area contributed by atoms with Crippen LogP contribution in [0, 0.1) is 0 Å². The fourth-order valence-electron chi connectivity index (χ4n) is 0. The van der Waals surface area contributed by atoms with Crippen molar-refractivity contribution in [2.24, 2.45) is 5.73 Å². The van der Waals surface area contributed by atoms with Gasteiger partial charge in [-0.15, -0.1) is 0 Å². The average molecular weight is 121 g/mol. The SMILES string of the molecule is C.C.CCC.CCN. The molecular weight excluding hydrogens is 98.1 g/mol. The molecule has 0 radical (unpaired) electrons. The minimum absolute atomic E-state index is 0. The highest BCUT2D eigenvalue weighted by Crippen LogP contribution is 1.56.